The fourth-order valence-corrected chi connectivity index (χ4v) is 2.54. The Hall–Kier alpha value is -2.72. The summed E-state index contributed by atoms with van der Waals surface area (Å²) in [6, 6.07) is 28.5. The van der Waals surface area contributed by atoms with Crippen LogP contribution in [-0.4, -0.2) is 5.60 Å². The van der Waals surface area contributed by atoms with Crippen molar-refractivity contribution in [2.24, 2.45) is 0 Å². The lowest BCUT2D eigenvalue weighted by Crippen LogP contribution is -2.23. The average Bonchev–Trinajstić information content (AvgIpc) is 2.55. The van der Waals surface area contributed by atoms with Crippen LogP contribution in [0.4, 0.5) is 0 Å². The molecule has 0 saturated heterocycles. The molecule has 23 heavy (non-hydrogen) atoms. The highest BCUT2D eigenvalue weighted by Crippen LogP contribution is 2.40. The van der Waals surface area contributed by atoms with Crippen LogP contribution in [0.1, 0.15) is 20.8 Å². The fraction of sp³-hybridized carbons (Fsp3) is 0.182. The monoisotopic (exact) mass is 300 g/mol. The summed E-state index contributed by atoms with van der Waals surface area (Å²) in [6.45, 7) is 6.22. The molecule has 0 aliphatic carbocycles. The second kappa shape index (κ2) is 6.18. The van der Waals surface area contributed by atoms with Gasteiger partial charge in [0.05, 0.1) is 0 Å². The molecule has 3 aromatic rings. The van der Waals surface area contributed by atoms with E-state index in [0.29, 0.717) is 0 Å². The predicted molar refractivity (Wildman–Crippen MR) is 95.4 cm³/mol. The van der Waals surface area contributed by atoms with E-state index in [1.807, 2.05) is 36.4 Å². The van der Waals surface area contributed by atoms with Gasteiger partial charge in [-0.15, -0.1) is 0 Å². The van der Waals surface area contributed by atoms with Gasteiger partial charge in [0.1, 0.15) is 11.4 Å². The van der Waals surface area contributed by atoms with Gasteiger partial charge in [0.25, 0.3) is 0 Å². The summed E-state index contributed by atoms with van der Waals surface area (Å²) in [5, 5.41) is 0. The van der Waals surface area contributed by atoms with Gasteiger partial charge in [-0.2, -0.15) is 0 Å². The lowest BCUT2D eigenvalue weighted by molar-refractivity contribution is 0.132. The third kappa shape index (κ3) is 3.55. The largest absolute Gasteiger partial charge is 0.487 e. The van der Waals surface area contributed by atoms with Crippen molar-refractivity contribution in [3.8, 4) is 28.0 Å². The summed E-state index contributed by atoms with van der Waals surface area (Å²) < 4.78 is 6.35. The zero-order valence-corrected chi connectivity index (χ0v) is 13.8. The normalized spacial score (nSPS) is 10.9. The topological polar surface area (TPSA) is 9.23 Å². The van der Waals surface area contributed by atoms with Crippen molar-refractivity contribution in [1.82, 2.24) is 0 Å². The third-order valence-electron chi connectivity index (χ3n) is 3.48. The molecule has 0 atom stereocenters. The second-order valence-electron chi connectivity index (χ2n) is 6.48. The van der Waals surface area contributed by atoms with E-state index in [4.69, 9.17) is 4.74 Å². The Morgan fingerprint density at radius 1 is 0.739 bits per heavy atom. The van der Waals surface area contributed by atoms with Gasteiger partial charge in [0.15, 0.2) is 0 Å². The molecule has 0 aliphatic heterocycles. The Morgan fingerprint density at radius 3 is 2.04 bits per heavy atom. The minimum Gasteiger partial charge on any atom is -0.487 e. The zero-order chi connectivity index (χ0) is 16.3. The smallest absolute Gasteiger partial charge is 0.135 e. The molecule has 0 N–H and O–H groups in total. The first-order chi connectivity index (χ1) is 11.0. The van der Waals surface area contributed by atoms with Crippen LogP contribution in [-0.2, 0) is 0 Å². The highest BCUT2D eigenvalue weighted by atomic mass is 16.5. The van der Waals surface area contributed by atoms with Crippen LogP contribution in [0.5, 0.6) is 5.75 Å². The van der Waals surface area contributed by atoms with Crippen molar-refractivity contribution in [3.63, 3.8) is 0 Å². The highest BCUT2D eigenvalue weighted by molar-refractivity contribution is 5.82. The van der Waals surface area contributed by atoms with Gasteiger partial charge in [-0.05, 0) is 50.1 Å². The van der Waals surface area contributed by atoms with Crippen molar-refractivity contribution in [3.05, 3.63) is 78.9 Å². The first-order valence-corrected chi connectivity index (χ1v) is 7.80. The maximum Gasteiger partial charge on any atom is 0.135 e. The van der Waals surface area contributed by atoms with E-state index in [1.165, 1.54) is 0 Å². The lowest BCUT2D eigenvalue weighted by Gasteiger charge is -2.25. The zero-order valence-electron chi connectivity index (χ0n) is 13.8. The quantitative estimate of drug-likeness (QED) is 0.594. The Morgan fingerprint density at radius 2 is 1.43 bits per heavy atom. The summed E-state index contributed by atoms with van der Waals surface area (Å²) in [7, 11) is 0. The van der Waals surface area contributed by atoms with Gasteiger partial charge in [-0.1, -0.05) is 60.7 Å². The van der Waals surface area contributed by atoms with E-state index in [9.17, 15) is 0 Å². The number of hydrogen-bond acceptors (Lipinski definition) is 1. The van der Waals surface area contributed by atoms with Crippen LogP contribution in [0.3, 0.4) is 0 Å². The Kier molecular flexibility index (Phi) is 4.08. The van der Waals surface area contributed by atoms with E-state index in [-0.39, 0.29) is 5.60 Å². The van der Waals surface area contributed by atoms with Gasteiger partial charge < -0.3 is 4.74 Å². The number of rotatable bonds is 3. The Bertz CT molecular complexity index is 710. The van der Waals surface area contributed by atoms with Gasteiger partial charge in [-0.25, -0.2) is 0 Å². The number of ether oxygens (including phenoxy) is 1. The van der Waals surface area contributed by atoms with E-state index in [0.717, 1.165) is 28.0 Å². The predicted octanol–water partition coefficient (Wildman–Crippen LogP) is 5.80. The molecule has 0 radical (unpaired) electrons. The molecule has 0 heterocycles. The lowest BCUT2D eigenvalue weighted by atomic mass is 9.97. The maximum absolute atomic E-state index is 6.35. The number of benzene rings is 2. The minimum atomic E-state index is -0.274. The Balaban J connectivity index is 2.21. The Labute approximate surface area is 138 Å². The molecule has 0 saturated carbocycles. The van der Waals surface area contributed by atoms with Gasteiger partial charge in [0.2, 0.25) is 0 Å². The molecule has 0 fully saturated rings. The molecule has 0 amide bonds. The summed E-state index contributed by atoms with van der Waals surface area (Å²) in [5.41, 5.74) is 4.14. The van der Waals surface area contributed by atoms with E-state index in [1.54, 1.807) is 0 Å². The van der Waals surface area contributed by atoms with Crippen molar-refractivity contribution in [2.75, 3.05) is 0 Å². The molecule has 0 bridgehead atoms. The molecular formula is C22H20O. The highest BCUT2D eigenvalue weighted by Gasteiger charge is 2.19. The minimum absolute atomic E-state index is 0.274. The molecule has 1 nitrogen and oxygen atoms in total. The third-order valence-corrected chi connectivity index (χ3v) is 3.48. The molecule has 114 valence electrons. The first-order valence-electron chi connectivity index (χ1n) is 7.80. The summed E-state index contributed by atoms with van der Waals surface area (Å²) >= 11 is 0. The molecule has 3 rings (SSSR count). The molecule has 0 aromatic heterocycles. The average molecular weight is 300 g/mol. The van der Waals surface area contributed by atoms with Gasteiger partial charge in [0, 0.05) is 11.1 Å². The molecule has 0 unspecified atom stereocenters. The SMILES string of the molecule is CC(C)(C)Oc1c(-c2cc#ccc2)cccc1-c1ccccc1. The molecule has 0 aliphatic rings. The number of para-hydroxylation sites is 1. The van der Waals surface area contributed by atoms with Gasteiger partial charge >= 0.3 is 0 Å². The molecule has 3 aromatic carbocycles. The fourth-order valence-electron chi connectivity index (χ4n) is 2.54. The van der Waals surface area contributed by atoms with Crippen LogP contribution in [0, 0.1) is 12.1 Å². The first kappa shape index (κ1) is 15.2. The van der Waals surface area contributed by atoms with Crippen molar-refractivity contribution < 1.29 is 4.74 Å². The molecule has 0 spiro atoms. The summed E-state index contributed by atoms with van der Waals surface area (Å²) in [4.78, 5) is 0. The molecule has 1 heteroatoms. The van der Waals surface area contributed by atoms with Gasteiger partial charge in [-0.3, -0.25) is 0 Å². The maximum atomic E-state index is 6.35. The second-order valence-corrected chi connectivity index (χ2v) is 6.48. The van der Waals surface area contributed by atoms with Crippen LogP contribution in [0.15, 0.2) is 66.7 Å². The van der Waals surface area contributed by atoms with E-state index in [2.05, 4.69) is 63.2 Å². The molecular weight excluding hydrogens is 280 g/mol. The summed E-state index contributed by atoms with van der Waals surface area (Å²) in [5.74, 6) is 0.908. The van der Waals surface area contributed by atoms with Crippen LogP contribution < -0.4 is 4.74 Å². The van der Waals surface area contributed by atoms with Crippen molar-refractivity contribution in [2.45, 2.75) is 26.4 Å². The van der Waals surface area contributed by atoms with Crippen LogP contribution in [0.2, 0.25) is 0 Å². The van der Waals surface area contributed by atoms with Crippen molar-refractivity contribution in [1.29, 1.82) is 0 Å². The standard InChI is InChI=1S/C22H20O/c1-22(2,3)23-21-19(17-11-6-4-7-12-17)15-10-16-20(21)18-13-8-5-9-14-18/h4,6-8,10-16H,1-3H3. The van der Waals surface area contributed by atoms with E-state index >= 15 is 0 Å². The van der Waals surface area contributed by atoms with Crippen LogP contribution >= 0.6 is 0 Å². The number of hydrogen-bond donors (Lipinski definition) is 0. The summed E-state index contributed by atoms with van der Waals surface area (Å²) in [6.07, 6.45) is 0. The van der Waals surface area contributed by atoms with Crippen molar-refractivity contribution >= 4 is 0 Å². The van der Waals surface area contributed by atoms with Crippen LogP contribution in [0.25, 0.3) is 22.3 Å². The van der Waals surface area contributed by atoms with E-state index < -0.39 is 0 Å².